The number of carbonyl (C=O) groups excluding carboxylic acids is 1. The lowest BCUT2D eigenvalue weighted by atomic mass is 10.2. The van der Waals surface area contributed by atoms with Crippen molar-refractivity contribution < 1.29 is 61.6 Å². The van der Waals surface area contributed by atoms with E-state index < -0.39 is 64.2 Å². The molecule has 0 saturated heterocycles. The van der Waals surface area contributed by atoms with Crippen LogP contribution >= 0.6 is 42.4 Å². The molecule has 1 aliphatic rings. The first kappa shape index (κ1) is 47.9. The van der Waals surface area contributed by atoms with E-state index in [1.807, 2.05) is 0 Å². The molecular formula is C30H34Cl3N10O14PS. The molecule has 0 bridgehead atoms. The van der Waals surface area contributed by atoms with Gasteiger partial charge in [-0.15, -0.1) is 11.5 Å². The van der Waals surface area contributed by atoms with Gasteiger partial charge in [0.25, 0.3) is 10.0 Å². The highest BCUT2D eigenvalue weighted by atomic mass is 35.5. The van der Waals surface area contributed by atoms with E-state index >= 15 is 0 Å². The van der Waals surface area contributed by atoms with E-state index in [0.29, 0.717) is 32.7 Å². The minimum Gasteiger partial charge on any atom is -0.481 e. The van der Waals surface area contributed by atoms with E-state index in [1.165, 1.54) is 31.0 Å². The number of aromatic nitrogens is 7. The van der Waals surface area contributed by atoms with Gasteiger partial charge in [0, 0.05) is 26.1 Å². The van der Waals surface area contributed by atoms with E-state index in [2.05, 4.69) is 36.7 Å². The number of nitrogens with one attached hydrogen (secondary N) is 3. The number of ether oxygens (including phenoxy) is 3. The summed E-state index contributed by atoms with van der Waals surface area (Å²) in [4.78, 5) is 69.5. The van der Waals surface area contributed by atoms with Gasteiger partial charge in [0.15, 0.2) is 10.2 Å². The van der Waals surface area contributed by atoms with E-state index in [9.17, 15) is 32.2 Å². The number of aliphatic carboxylic acids is 1. The van der Waals surface area contributed by atoms with Crippen LogP contribution in [0.3, 0.4) is 0 Å². The SMILES string of the molecule is C#CCOc1cc(-n2nc3n(c2=O)CCCC3)c(Cl)cc1Cl.COc1cc(OC)nc(NC(=O)NS(=O)(=O)c2c(C(=O)O)c(Cl)nn2C)n1.O=C(O)CNCP(=O)(O)O. The summed E-state index contributed by atoms with van der Waals surface area (Å²) in [5.74, 6) is 0.512. The summed E-state index contributed by atoms with van der Waals surface area (Å²) in [5.41, 5.74) is -0.550. The summed E-state index contributed by atoms with van der Waals surface area (Å²) in [7, 11) is -4.95. The number of hydrogen-bond donors (Lipinski definition) is 7. The molecule has 59 heavy (non-hydrogen) atoms. The van der Waals surface area contributed by atoms with Crippen LogP contribution < -0.4 is 35.3 Å². The number of urea groups is 1. The third-order valence-electron chi connectivity index (χ3n) is 7.08. The summed E-state index contributed by atoms with van der Waals surface area (Å²) in [6.45, 7) is 0.320. The number of carbonyl (C=O) groups is 3. The monoisotopic (exact) mass is 926 g/mol. The van der Waals surface area contributed by atoms with Crippen LogP contribution in [0.5, 0.6) is 17.5 Å². The number of aryl methyl sites for hydroxylation is 2. The van der Waals surface area contributed by atoms with Gasteiger partial charge >= 0.3 is 31.3 Å². The first-order valence-corrected chi connectivity index (χ1v) is 20.5. The average Bonchev–Trinajstić information content (AvgIpc) is 3.65. The largest absolute Gasteiger partial charge is 0.481 e. The number of terminal acetylenes is 1. The zero-order valence-electron chi connectivity index (χ0n) is 30.8. The molecular weight excluding hydrogens is 894 g/mol. The van der Waals surface area contributed by atoms with E-state index in [4.69, 9.17) is 75.4 Å². The molecule has 320 valence electrons. The van der Waals surface area contributed by atoms with E-state index in [0.717, 1.165) is 32.1 Å². The third-order valence-corrected chi connectivity index (χ3v) is 10.0. The molecule has 1 aromatic carbocycles. The number of hydrogen-bond acceptors (Lipinski definition) is 15. The van der Waals surface area contributed by atoms with Crippen molar-refractivity contribution in [2.45, 2.75) is 30.8 Å². The van der Waals surface area contributed by atoms with Gasteiger partial charge in [-0.05, 0) is 18.9 Å². The van der Waals surface area contributed by atoms with E-state index in [-0.39, 0.29) is 30.0 Å². The quantitative estimate of drug-likeness (QED) is 0.0739. The number of fused-ring (bicyclic) bond motifs is 1. The molecule has 29 heteroatoms. The number of amides is 2. The maximum absolute atomic E-state index is 12.5. The summed E-state index contributed by atoms with van der Waals surface area (Å²) in [5, 5.41) is 28.5. The number of halogens is 3. The normalized spacial score (nSPS) is 12.0. The number of carboxylic acid groups (broad SMARTS) is 2. The van der Waals surface area contributed by atoms with Crippen LogP contribution in [-0.4, -0.2) is 114 Å². The summed E-state index contributed by atoms with van der Waals surface area (Å²) >= 11 is 17.9. The molecule has 0 saturated carbocycles. The standard InChI is InChI=1S/C15H13Cl2N3O2.C12H13ClN6O7S.C3H8NO5P/c1-2-7-22-13-9-12(10(16)8-11(13)17)20-15(21)19-6-4-3-5-14(19)18-20;1-19-9(7(10(20)21)8(13)17-19)27(23,24)18-12(22)16-11-14-5(25-2)4-6(15-11)26-3;5-3(6)1-4-2-10(7,8)9/h1,8-9H,3-7H2;4H,1-3H3,(H,20,21)(H2,14,15,16,18,22);4H,1-2H2,(H,5,6)(H2,7,8,9). The Morgan fingerprint density at radius 2 is 1.66 bits per heavy atom. The van der Waals surface area contributed by atoms with Gasteiger partial charge in [-0.1, -0.05) is 40.7 Å². The number of sulfonamides is 1. The van der Waals surface area contributed by atoms with Gasteiger partial charge in [-0.3, -0.25) is 29.2 Å². The molecule has 0 fully saturated rings. The van der Waals surface area contributed by atoms with Crippen molar-refractivity contribution in [1.82, 2.24) is 44.1 Å². The zero-order valence-corrected chi connectivity index (χ0v) is 34.7. The molecule has 24 nitrogen and oxygen atoms in total. The lowest BCUT2D eigenvalue weighted by molar-refractivity contribution is -0.135. The maximum atomic E-state index is 12.5. The molecule has 3 aromatic heterocycles. The molecule has 4 heterocycles. The molecule has 0 aliphatic carbocycles. The molecule has 2 amide bonds. The second-order valence-electron chi connectivity index (χ2n) is 11.3. The summed E-state index contributed by atoms with van der Waals surface area (Å²) in [6, 6.07) is 3.17. The Morgan fingerprint density at radius 1 is 1.02 bits per heavy atom. The Balaban J connectivity index is 0.000000260. The van der Waals surface area contributed by atoms with Crippen molar-refractivity contribution in [1.29, 1.82) is 0 Å². The molecule has 7 N–H and O–H groups in total. The second-order valence-corrected chi connectivity index (χ2v) is 15.7. The number of methoxy groups -OCH3 is 2. The number of rotatable bonds is 13. The second kappa shape index (κ2) is 21.0. The fourth-order valence-electron chi connectivity index (χ4n) is 4.71. The van der Waals surface area contributed by atoms with Crippen molar-refractivity contribution in [3.05, 3.63) is 55.3 Å². The number of aromatic carboxylic acids is 1. The fourth-order valence-corrected chi connectivity index (χ4v) is 7.20. The Kier molecular flexibility index (Phi) is 17.1. The van der Waals surface area contributed by atoms with Crippen molar-refractivity contribution in [3.8, 4) is 35.5 Å². The van der Waals surface area contributed by atoms with Crippen molar-refractivity contribution >= 4 is 76.3 Å². The molecule has 1 aliphatic heterocycles. The van der Waals surface area contributed by atoms with Crippen molar-refractivity contribution in [3.63, 3.8) is 0 Å². The minimum atomic E-state index is -4.64. The van der Waals surface area contributed by atoms with Crippen LogP contribution in [0.2, 0.25) is 15.2 Å². The van der Waals surface area contributed by atoms with Gasteiger partial charge in [0.1, 0.15) is 23.7 Å². The minimum absolute atomic E-state index is 0.0478. The topological polar surface area (TPSA) is 331 Å². The van der Waals surface area contributed by atoms with Gasteiger partial charge in [0.2, 0.25) is 17.7 Å². The maximum Gasteiger partial charge on any atom is 0.350 e. The molecule has 4 aromatic rings. The number of carboxylic acids is 2. The van der Waals surface area contributed by atoms with Gasteiger partial charge in [0.05, 0.1) is 48.8 Å². The van der Waals surface area contributed by atoms with Crippen LogP contribution in [0, 0.1) is 12.3 Å². The molecule has 0 atom stereocenters. The predicted molar refractivity (Wildman–Crippen MR) is 207 cm³/mol. The molecule has 5 rings (SSSR count). The lowest BCUT2D eigenvalue weighted by Gasteiger charge is -2.10. The smallest absolute Gasteiger partial charge is 0.350 e. The molecule has 0 spiro atoms. The Labute approximate surface area is 348 Å². The highest BCUT2D eigenvalue weighted by molar-refractivity contribution is 7.90. The van der Waals surface area contributed by atoms with Crippen LogP contribution in [0.25, 0.3) is 5.69 Å². The van der Waals surface area contributed by atoms with Gasteiger partial charge < -0.3 is 34.2 Å². The zero-order chi connectivity index (χ0) is 44.2. The number of benzene rings is 1. The summed E-state index contributed by atoms with van der Waals surface area (Å²) in [6.07, 6.45) is 7.37. The van der Waals surface area contributed by atoms with E-state index in [1.54, 1.807) is 15.4 Å². The lowest BCUT2D eigenvalue weighted by Crippen LogP contribution is -2.36. The Morgan fingerprint density at radius 3 is 2.20 bits per heavy atom. The first-order chi connectivity index (χ1) is 27.6. The first-order valence-electron chi connectivity index (χ1n) is 16.1. The van der Waals surface area contributed by atoms with Crippen LogP contribution in [0.1, 0.15) is 29.0 Å². The average molecular weight is 928 g/mol. The van der Waals surface area contributed by atoms with Gasteiger partial charge in [-0.2, -0.15) is 28.2 Å². The fraction of sp³-hybridized carbons (Fsp3) is 0.333. The van der Waals surface area contributed by atoms with Crippen LogP contribution in [0.15, 0.2) is 28.0 Å². The highest BCUT2D eigenvalue weighted by Gasteiger charge is 2.32. The Bertz CT molecular complexity index is 2440. The van der Waals surface area contributed by atoms with Crippen molar-refractivity contribution in [2.75, 3.05) is 39.0 Å². The summed E-state index contributed by atoms with van der Waals surface area (Å²) < 4.78 is 55.3. The highest BCUT2D eigenvalue weighted by Crippen LogP contribution is 2.33. The van der Waals surface area contributed by atoms with Crippen LogP contribution in [0.4, 0.5) is 10.7 Å². The molecule has 0 unspecified atom stereocenters. The number of nitrogens with zero attached hydrogens (tertiary/aromatic N) is 7. The van der Waals surface area contributed by atoms with Crippen molar-refractivity contribution in [2.24, 2.45) is 7.05 Å². The van der Waals surface area contributed by atoms with Crippen LogP contribution in [-0.2, 0) is 39.4 Å². The van der Waals surface area contributed by atoms with Gasteiger partial charge in [-0.25, -0.2) is 19.1 Å². The Hall–Kier alpha value is -5.45. The molecule has 0 radical (unpaired) electrons. The predicted octanol–water partition coefficient (Wildman–Crippen LogP) is 1.57. The number of anilines is 1. The third kappa shape index (κ3) is 13.5.